The van der Waals surface area contributed by atoms with Gasteiger partial charge in [0.25, 0.3) is 0 Å². The van der Waals surface area contributed by atoms with E-state index in [1.807, 2.05) is 25.1 Å². The van der Waals surface area contributed by atoms with E-state index in [1.165, 1.54) is 4.90 Å². The highest BCUT2D eigenvalue weighted by molar-refractivity contribution is 7.99. The van der Waals surface area contributed by atoms with Crippen LogP contribution in [0.15, 0.2) is 35.2 Å². The Morgan fingerprint density at radius 2 is 1.78 bits per heavy atom. The first-order valence-corrected chi connectivity index (χ1v) is 12.2. The Morgan fingerprint density at radius 1 is 1.17 bits per heavy atom. The molecule has 1 N–H and O–H groups in total. The van der Waals surface area contributed by atoms with Crippen LogP contribution in [0.5, 0.6) is 0 Å². The van der Waals surface area contributed by atoms with Crippen LogP contribution in [0.2, 0.25) is 18.1 Å². The summed E-state index contributed by atoms with van der Waals surface area (Å²) in [5.74, 6) is 0. The zero-order valence-corrected chi connectivity index (χ0v) is 16.5. The summed E-state index contributed by atoms with van der Waals surface area (Å²) in [6.07, 6.45) is -0.0852. The summed E-state index contributed by atoms with van der Waals surface area (Å²) >= 11 is 1.68. The molecule has 0 saturated carbocycles. The van der Waals surface area contributed by atoms with Crippen LogP contribution in [0.4, 0.5) is 0 Å². The van der Waals surface area contributed by atoms with E-state index >= 15 is 0 Å². The van der Waals surface area contributed by atoms with Crippen molar-refractivity contribution in [2.75, 3.05) is 0 Å². The summed E-state index contributed by atoms with van der Waals surface area (Å²) in [5, 5.41) is 10.6. The molecule has 5 heteroatoms. The van der Waals surface area contributed by atoms with Crippen molar-refractivity contribution in [3.8, 4) is 0 Å². The maximum absolute atomic E-state index is 10.6. The summed E-state index contributed by atoms with van der Waals surface area (Å²) in [4.78, 5) is 1.18. The van der Waals surface area contributed by atoms with E-state index in [-0.39, 0.29) is 17.6 Å². The number of thioether (sulfide) groups is 1. The maximum atomic E-state index is 10.6. The van der Waals surface area contributed by atoms with E-state index in [2.05, 4.69) is 32.9 Å². The number of aliphatic hydroxyl groups excluding tert-OH is 1. The maximum Gasteiger partial charge on any atom is 0.192 e. The van der Waals surface area contributed by atoms with Gasteiger partial charge in [-0.15, -0.1) is 0 Å². The Bertz CT molecular complexity index is 446. The zero-order valence-electron chi connectivity index (χ0n) is 14.7. The van der Waals surface area contributed by atoms with Crippen molar-refractivity contribution in [1.29, 1.82) is 0 Å². The summed E-state index contributed by atoms with van der Waals surface area (Å²) in [5.41, 5.74) is -0.0109. The molecule has 1 aliphatic heterocycles. The van der Waals surface area contributed by atoms with Crippen LogP contribution in [-0.2, 0) is 9.16 Å². The van der Waals surface area contributed by atoms with E-state index in [0.29, 0.717) is 6.42 Å². The monoisotopic (exact) mass is 354 g/mol. The van der Waals surface area contributed by atoms with E-state index in [4.69, 9.17) is 9.16 Å². The van der Waals surface area contributed by atoms with Crippen LogP contribution < -0.4 is 0 Å². The summed E-state index contributed by atoms with van der Waals surface area (Å²) in [6, 6.07) is 13.5. The largest absolute Gasteiger partial charge is 0.409 e. The average Bonchev–Trinajstić information content (AvgIpc) is 2.56. The molecule has 4 atom stereocenters. The van der Waals surface area contributed by atoms with Gasteiger partial charge in [-0.3, -0.25) is 0 Å². The van der Waals surface area contributed by atoms with Crippen LogP contribution in [-0.4, -0.2) is 37.2 Å². The Kier molecular flexibility index (Phi) is 7.16. The highest BCUT2D eigenvalue weighted by atomic mass is 32.2. The zero-order chi connectivity index (χ0) is 16.9. The van der Waals surface area contributed by atoms with Gasteiger partial charge in [-0.2, -0.15) is 0 Å². The first kappa shape index (κ1) is 19.0. The van der Waals surface area contributed by atoms with Gasteiger partial charge in [0.15, 0.2) is 8.32 Å². The summed E-state index contributed by atoms with van der Waals surface area (Å²) in [6.45, 7) is 8.68. The Labute approximate surface area is 145 Å². The lowest BCUT2D eigenvalue weighted by atomic mass is 10.0. The fraction of sp³-hybridized carbons (Fsp3) is 0.667. The Balaban J connectivity index is 1.99. The molecule has 1 saturated heterocycles. The van der Waals surface area contributed by atoms with Crippen LogP contribution in [0.1, 0.15) is 34.1 Å². The minimum Gasteiger partial charge on any atom is -0.409 e. The number of rotatable bonds is 7. The molecule has 0 aromatic heterocycles. The number of hydrogen-bond acceptors (Lipinski definition) is 4. The fourth-order valence-electron chi connectivity index (χ4n) is 3.21. The molecule has 0 aliphatic carbocycles. The minimum atomic E-state index is -1.73. The fourth-order valence-corrected chi connectivity index (χ4v) is 7.27. The van der Waals surface area contributed by atoms with Crippen molar-refractivity contribution in [3.05, 3.63) is 30.3 Å². The van der Waals surface area contributed by atoms with Gasteiger partial charge in [-0.05, 0) is 37.2 Å². The molecule has 1 aromatic carbocycles. The topological polar surface area (TPSA) is 38.7 Å². The Morgan fingerprint density at radius 3 is 2.30 bits per heavy atom. The molecule has 130 valence electrons. The second-order valence-electron chi connectivity index (χ2n) is 6.33. The SMILES string of the molecule is CC[Si](CC)(CC)O[C@@H]1[C@H](O)C[C@H](Sc2ccccc2)O[C@H]1C. The molecule has 3 nitrogen and oxygen atoms in total. The standard InChI is InChI=1S/C18H30O3SSi/c1-5-23(6-2,7-3)21-18-14(4)20-17(13-16(18)19)22-15-11-9-8-10-12-15/h8-12,14,16-19H,5-7,13H2,1-4H3/t14-,16+,17-,18-/m0/s1. The molecule has 0 amide bonds. The lowest BCUT2D eigenvalue weighted by Crippen LogP contribution is -2.53. The molecule has 1 heterocycles. The third-order valence-electron chi connectivity index (χ3n) is 4.97. The van der Waals surface area contributed by atoms with Gasteiger partial charge in [-0.25, -0.2) is 0 Å². The molecule has 23 heavy (non-hydrogen) atoms. The van der Waals surface area contributed by atoms with Crippen LogP contribution in [0, 0.1) is 0 Å². The molecule has 1 aliphatic rings. The highest BCUT2D eigenvalue weighted by Gasteiger charge is 2.41. The summed E-state index contributed by atoms with van der Waals surface area (Å²) < 4.78 is 12.7. The van der Waals surface area contributed by atoms with Crippen molar-refractivity contribution in [3.63, 3.8) is 0 Å². The second kappa shape index (κ2) is 8.67. The normalized spacial score (nSPS) is 28.7. The van der Waals surface area contributed by atoms with Crippen molar-refractivity contribution in [2.45, 2.75) is 80.9 Å². The van der Waals surface area contributed by atoms with Crippen LogP contribution in [0.25, 0.3) is 0 Å². The molecule has 0 radical (unpaired) electrons. The smallest absolute Gasteiger partial charge is 0.192 e. The lowest BCUT2D eigenvalue weighted by Gasteiger charge is -2.43. The van der Waals surface area contributed by atoms with Crippen molar-refractivity contribution in [1.82, 2.24) is 0 Å². The molecule has 1 aromatic rings. The van der Waals surface area contributed by atoms with Crippen LogP contribution in [0.3, 0.4) is 0 Å². The van der Waals surface area contributed by atoms with Crippen molar-refractivity contribution < 1.29 is 14.3 Å². The van der Waals surface area contributed by atoms with Gasteiger partial charge >= 0.3 is 0 Å². The highest BCUT2D eigenvalue weighted by Crippen LogP contribution is 2.36. The molecule has 0 spiro atoms. The first-order chi connectivity index (χ1) is 11.0. The van der Waals surface area contributed by atoms with E-state index in [0.717, 1.165) is 18.1 Å². The third-order valence-corrected chi connectivity index (χ3v) is 10.7. The Hall–Kier alpha value is -0.333. The molecule has 2 rings (SSSR count). The quantitative estimate of drug-likeness (QED) is 0.723. The van der Waals surface area contributed by atoms with E-state index in [9.17, 15) is 5.11 Å². The van der Waals surface area contributed by atoms with E-state index in [1.54, 1.807) is 11.8 Å². The van der Waals surface area contributed by atoms with Gasteiger partial charge < -0.3 is 14.3 Å². The van der Waals surface area contributed by atoms with Crippen molar-refractivity contribution in [2.24, 2.45) is 0 Å². The molecule has 0 bridgehead atoms. The average molecular weight is 355 g/mol. The first-order valence-electron chi connectivity index (χ1n) is 8.76. The number of aliphatic hydroxyl groups is 1. The van der Waals surface area contributed by atoms with Gasteiger partial charge in [0.05, 0.1) is 18.3 Å². The summed E-state index contributed by atoms with van der Waals surface area (Å²) in [7, 11) is -1.73. The third kappa shape index (κ3) is 4.83. The van der Waals surface area contributed by atoms with Gasteiger partial charge in [-0.1, -0.05) is 50.7 Å². The molecular weight excluding hydrogens is 324 g/mol. The second-order valence-corrected chi connectivity index (χ2v) is 12.3. The van der Waals surface area contributed by atoms with Gasteiger partial charge in [0, 0.05) is 11.3 Å². The van der Waals surface area contributed by atoms with E-state index < -0.39 is 14.4 Å². The van der Waals surface area contributed by atoms with Crippen molar-refractivity contribution >= 4 is 20.1 Å². The number of hydrogen-bond donors (Lipinski definition) is 1. The minimum absolute atomic E-state index is 0.0109. The molecular formula is C18H30O3SSi. The predicted molar refractivity (Wildman–Crippen MR) is 99.3 cm³/mol. The van der Waals surface area contributed by atoms with Crippen LogP contribution >= 0.6 is 11.8 Å². The molecule has 0 unspecified atom stereocenters. The van der Waals surface area contributed by atoms with Gasteiger partial charge in [0.1, 0.15) is 5.44 Å². The van der Waals surface area contributed by atoms with Gasteiger partial charge in [0.2, 0.25) is 0 Å². The lowest BCUT2D eigenvalue weighted by molar-refractivity contribution is -0.131. The number of benzene rings is 1. The number of ether oxygens (including phenoxy) is 1. The molecule has 1 fully saturated rings. The predicted octanol–water partition coefficient (Wildman–Crippen LogP) is 4.66.